The van der Waals surface area contributed by atoms with Crippen LogP contribution in [0.25, 0.3) is 0 Å². The molecular weight excluding hydrogens is 436 g/mol. The molecule has 186 valence electrons. The van der Waals surface area contributed by atoms with Crippen LogP contribution in [0, 0.1) is 5.92 Å². The van der Waals surface area contributed by atoms with Crippen LogP contribution < -0.4 is 15.4 Å². The molecule has 0 aliphatic carbocycles. The number of aliphatic hydroxyl groups is 4. The lowest BCUT2D eigenvalue weighted by atomic mass is 9.98. The molecule has 1 amide bonds. The first-order valence-electron chi connectivity index (χ1n) is 10.9. The highest BCUT2D eigenvalue weighted by molar-refractivity contribution is 5.81. The zero-order valence-corrected chi connectivity index (χ0v) is 19.2. The summed E-state index contributed by atoms with van der Waals surface area (Å²) >= 11 is 0. The number of anilines is 1. The van der Waals surface area contributed by atoms with E-state index in [1.54, 1.807) is 32.0 Å². The monoisotopic (exact) mass is 470 g/mol. The maximum absolute atomic E-state index is 12.3. The summed E-state index contributed by atoms with van der Waals surface area (Å²) in [5.41, 5.74) is 1.15. The standard InChI is InChI=1S/C22H34N2O9/c1-11(2)21(30)31-10-13-5-6-14(24-12(3)4)15(9-13)32-22-18(28)16(26)17(27)19(33-22)20(29)23-7-8-25/h5-6,9,11-12,16-19,22,24-28H,7-8,10H2,1-4H3,(H,23,29)/t16-,17-,18+,19-,22+/m0/s1. The molecule has 33 heavy (non-hydrogen) atoms. The van der Waals surface area contributed by atoms with Gasteiger partial charge in [-0.15, -0.1) is 0 Å². The van der Waals surface area contributed by atoms with Gasteiger partial charge < -0.3 is 45.3 Å². The van der Waals surface area contributed by atoms with Crippen LogP contribution in [-0.2, 0) is 25.7 Å². The van der Waals surface area contributed by atoms with E-state index < -0.39 is 36.6 Å². The number of esters is 1. The fraction of sp³-hybridized carbons (Fsp3) is 0.636. The fourth-order valence-corrected chi connectivity index (χ4v) is 3.07. The van der Waals surface area contributed by atoms with E-state index in [9.17, 15) is 24.9 Å². The van der Waals surface area contributed by atoms with Crippen molar-refractivity contribution in [3.8, 4) is 5.75 Å². The molecule has 1 aliphatic rings. The lowest BCUT2D eigenvalue weighted by Gasteiger charge is -2.39. The average molecular weight is 471 g/mol. The van der Waals surface area contributed by atoms with E-state index in [1.807, 2.05) is 13.8 Å². The molecule has 1 aromatic rings. The molecule has 2 rings (SSSR count). The Balaban J connectivity index is 2.25. The van der Waals surface area contributed by atoms with Crippen LogP contribution >= 0.6 is 0 Å². The van der Waals surface area contributed by atoms with Gasteiger partial charge in [0.05, 0.1) is 18.2 Å². The van der Waals surface area contributed by atoms with Gasteiger partial charge >= 0.3 is 5.97 Å². The summed E-state index contributed by atoms with van der Waals surface area (Å²) in [6, 6.07) is 5.07. The van der Waals surface area contributed by atoms with Crippen LogP contribution in [-0.4, -0.2) is 82.2 Å². The Hall–Kier alpha value is -2.44. The third kappa shape index (κ3) is 7.27. The Bertz CT molecular complexity index is 802. The number of hydrogen-bond acceptors (Lipinski definition) is 10. The van der Waals surface area contributed by atoms with Crippen molar-refractivity contribution in [2.45, 2.75) is 71.0 Å². The van der Waals surface area contributed by atoms with E-state index in [-0.39, 0.29) is 43.4 Å². The molecule has 1 saturated heterocycles. The zero-order chi connectivity index (χ0) is 24.7. The number of benzene rings is 1. The van der Waals surface area contributed by atoms with Gasteiger partial charge in [0.25, 0.3) is 5.91 Å². The highest BCUT2D eigenvalue weighted by atomic mass is 16.7. The predicted octanol–water partition coefficient (Wildman–Crippen LogP) is -0.499. The fourth-order valence-electron chi connectivity index (χ4n) is 3.07. The Kier molecular flexibility index (Phi) is 9.87. The van der Waals surface area contributed by atoms with Gasteiger partial charge in [-0.25, -0.2) is 0 Å². The Labute approximate surface area is 192 Å². The topological polar surface area (TPSA) is 167 Å². The van der Waals surface area contributed by atoms with E-state index >= 15 is 0 Å². The van der Waals surface area contributed by atoms with E-state index in [0.29, 0.717) is 11.3 Å². The molecule has 0 radical (unpaired) electrons. The minimum atomic E-state index is -1.72. The van der Waals surface area contributed by atoms with Crippen molar-refractivity contribution in [2.24, 2.45) is 5.92 Å². The van der Waals surface area contributed by atoms with Crippen LogP contribution in [0.4, 0.5) is 5.69 Å². The van der Waals surface area contributed by atoms with Crippen LogP contribution in [0.3, 0.4) is 0 Å². The highest BCUT2D eigenvalue weighted by Gasteiger charge is 2.48. The quantitative estimate of drug-likeness (QED) is 0.245. The van der Waals surface area contributed by atoms with Gasteiger partial charge in [-0.1, -0.05) is 19.9 Å². The van der Waals surface area contributed by atoms with Gasteiger partial charge in [-0.05, 0) is 31.5 Å². The molecule has 0 bridgehead atoms. The van der Waals surface area contributed by atoms with Crippen molar-refractivity contribution in [3.05, 3.63) is 23.8 Å². The Morgan fingerprint density at radius 1 is 1.09 bits per heavy atom. The SMILES string of the molecule is CC(C)Nc1ccc(COC(=O)C(C)C)cc1O[C@@H]1O[C@H](C(=O)NCCO)[C@@H](O)[C@H](O)[C@H]1O. The summed E-state index contributed by atoms with van der Waals surface area (Å²) in [7, 11) is 0. The van der Waals surface area contributed by atoms with Crippen molar-refractivity contribution >= 4 is 17.6 Å². The van der Waals surface area contributed by atoms with Gasteiger partial charge in [0.15, 0.2) is 6.10 Å². The molecule has 1 aromatic carbocycles. The van der Waals surface area contributed by atoms with Crippen LogP contribution in [0.2, 0.25) is 0 Å². The minimum absolute atomic E-state index is 0.00304. The normalized spacial score (nSPS) is 25.1. The van der Waals surface area contributed by atoms with Gasteiger partial charge in [-0.2, -0.15) is 0 Å². The highest BCUT2D eigenvalue weighted by Crippen LogP contribution is 2.31. The summed E-state index contributed by atoms with van der Waals surface area (Å²) in [6.07, 6.45) is -8.10. The molecule has 11 nitrogen and oxygen atoms in total. The van der Waals surface area contributed by atoms with Crippen molar-refractivity contribution in [1.29, 1.82) is 0 Å². The van der Waals surface area contributed by atoms with Gasteiger partial charge in [-0.3, -0.25) is 9.59 Å². The molecule has 1 aliphatic heterocycles. The lowest BCUT2D eigenvalue weighted by molar-refractivity contribution is -0.266. The lowest BCUT2D eigenvalue weighted by Crippen LogP contribution is -2.62. The molecule has 11 heteroatoms. The van der Waals surface area contributed by atoms with Crippen molar-refractivity contribution in [3.63, 3.8) is 0 Å². The number of hydrogen-bond donors (Lipinski definition) is 6. The minimum Gasteiger partial charge on any atom is -0.461 e. The molecule has 5 atom stereocenters. The second kappa shape index (κ2) is 12.1. The average Bonchev–Trinajstić information content (AvgIpc) is 2.77. The molecule has 0 unspecified atom stereocenters. The predicted molar refractivity (Wildman–Crippen MR) is 117 cm³/mol. The zero-order valence-electron chi connectivity index (χ0n) is 19.2. The van der Waals surface area contributed by atoms with E-state index in [4.69, 9.17) is 19.3 Å². The van der Waals surface area contributed by atoms with E-state index in [1.165, 1.54) is 0 Å². The molecule has 6 N–H and O–H groups in total. The molecular formula is C22H34N2O9. The van der Waals surface area contributed by atoms with Crippen molar-refractivity contribution in [2.75, 3.05) is 18.5 Å². The van der Waals surface area contributed by atoms with Crippen LogP contribution in [0.5, 0.6) is 5.75 Å². The summed E-state index contributed by atoms with van der Waals surface area (Å²) in [5, 5.41) is 45.2. The summed E-state index contributed by atoms with van der Waals surface area (Å²) in [4.78, 5) is 24.1. The summed E-state index contributed by atoms with van der Waals surface area (Å²) in [6.45, 7) is 6.87. The summed E-state index contributed by atoms with van der Waals surface area (Å²) < 4.78 is 16.6. The maximum Gasteiger partial charge on any atom is 0.308 e. The second-order valence-corrected chi connectivity index (χ2v) is 8.42. The number of carbonyl (C=O) groups is 2. The largest absolute Gasteiger partial charge is 0.461 e. The third-order valence-electron chi connectivity index (χ3n) is 4.82. The van der Waals surface area contributed by atoms with Gasteiger partial charge in [0.1, 0.15) is 30.7 Å². The van der Waals surface area contributed by atoms with Gasteiger partial charge in [0, 0.05) is 12.6 Å². The number of carbonyl (C=O) groups excluding carboxylic acids is 2. The number of rotatable bonds is 10. The van der Waals surface area contributed by atoms with E-state index in [0.717, 1.165) is 0 Å². The van der Waals surface area contributed by atoms with Crippen LogP contribution in [0.15, 0.2) is 18.2 Å². The first kappa shape index (κ1) is 26.8. The molecule has 0 saturated carbocycles. The van der Waals surface area contributed by atoms with Crippen LogP contribution in [0.1, 0.15) is 33.3 Å². The first-order valence-corrected chi connectivity index (χ1v) is 10.9. The number of ether oxygens (including phenoxy) is 3. The Morgan fingerprint density at radius 3 is 2.39 bits per heavy atom. The third-order valence-corrected chi connectivity index (χ3v) is 4.82. The molecule has 1 heterocycles. The molecule has 1 fully saturated rings. The van der Waals surface area contributed by atoms with E-state index in [2.05, 4.69) is 10.6 Å². The van der Waals surface area contributed by atoms with Crippen molar-refractivity contribution in [1.82, 2.24) is 5.32 Å². The number of amides is 1. The summed E-state index contributed by atoms with van der Waals surface area (Å²) in [5.74, 6) is -1.19. The molecule has 0 aromatic heterocycles. The smallest absolute Gasteiger partial charge is 0.308 e. The Morgan fingerprint density at radius 2 is 1.79 bits per heavy atom. The van der Waals surface area contributed by atoms with Crippen molar-refractivity contribution < 1.29 is 44.2 Å². The number of aliphatic hydroxyl groups excluding tert-OH is 4. The second-order valence-electron chi connectivity index (χ2n) is 8.42. The number of nitrogens with one attached hydrogen (secondary N) is 2. The maximum atomic E-state index is 12.3. The van der Waals surface area contributed by atoms with Gasteiger partial charge in [0.2, 0.25) is 6.29 Å². The first-order chi connectivity index (χ1) is 15.5. The molecule has 0 spiro atoms.